The predicted octanol–water partition coefficient (Wildman–Crippen LogP) is 3.21. The number of aryl methyl sites for hydroxylation is 1. The van der Waals surface area contributed by atoms with Gasteiger partial charge in [-0.2, -0.15) is 0 Å². The minimum Gasteiger partial charge on any atom is -0.383 e. The quantitative estimate of drug-likeness (QED) is 0.637. The van der Waals surface area contributed by atoms with E-state index in [4.69, 9.17) is 9.72 Å². The number of hydrogen-bond acceptors (Lipinski definition) is 5. The molecule has 0 radical (unpaired) electrons. The molecule has 0 amide bonds. The van der Waals surface area contributed by atoms with E-state index in [2.05, 4.69) is 24.1 Å². The van der Waals surface area contributed by atoms with Crippen LogP contribution in [0.2, 0.25) is 0 Å². The van der Waals surface area contributed by atoms with Gasteiger partial charge in [0, 0.05) is 37.7 Å². The zero-order valence-corrected chi connectivity index (χ0v) is 14.5. The lowest BCUT2D eigenvalue weighted by Crippen LogP contribution is -2.26. The minimum atomic E-state index is 0.750. The second kappa shape index (κ2) is 8.71. The van der Waals surface area contributed by atoms with E-state index < -0.39 is 0 Å². The molecular formula is C16H29N3OS. The standard InChI is InChI=1S/C16H29N3OS/c1-4-6-14-15(12-17-9-11-20-3)21-16(18-14)19(10-5-2)13-7-8-13/h13,17H,4-12H2,1-3H3. The van der Waals surface area contributed by atoms with Crippen LogP contribution in [0.1, 0.15) is 50.1 Å². The molecule has 0 atom stereocenters. The first-order valence-electron chi connectivity index (χ1n) is 8.25. The SMILES string of the molecule is CCCc1nc(N(CCC)C2CC2)sc1CNCCOC. The molecule has 5 heteroatoms. The zero-order valence-electron chi connectivity index (χ0n) is 13.7. The molecule has 1 aromatic rings. The van der Waals surface area contributed by atoms with E-state index >= 15 is 0 Å². The van der Waals surface area contributed by atoms with Gasteiger partial charge in [0.2, 0.25) is 0 Å². The molecule has 0 aliphatic heterocycles. The fourth-order valence-electron chi connectivity index (χ4n) is 2.50. The molecule has 1 aliphatic carbocycles. The number of aromatic nitrogens is 1. The molecule has 1 heterocycles. The van der Waals surface area contributed by atoms with Gasteiger partial charge >= 0.3 is 0 Å². The summed E-state index contributed by atoms with van der Waals surface area (Å²) in [4.78, 5) is 8.89. The van der Waals surface area contributed by atoms with Crippen molar-refractivity contribution in [2.24, 2.45) is 0 Å². The molecule has 0 bridgehead atoms. The van der Waals surface area contributed by atoms with E-state index in [-0.39, 0.29) is 0 Å². The molecule has 4 nitrogen and oxygen atoms in total. The first kappa shape index (κ1) is 16.7. The number of ether oxygens (including phenoxy) is 1. The first-order chi connectivity index (χ1) is 10.3. The van der Waals surface area contributed by atoms with Gasteiger partial charge in [-0.1, -0.05) is 20.3 Å². The van der Waals surface area contributed by atoms with Crippen molar-refractivity contribution in [3.63, 3.8) is 0 Å². The third-order valence-corrected chi connectivity index (χ3v) is 4.85. The van der Waals surface area contributed by atoms with E-state index in [0.717, 1.165) is 45.1 Å². The van der Waals surface area contributed by atoms with Crippen LogP contribution in [0.25, 0.3) is 0 Å². The Morgan fingerprint density at radius 3 is 2.76 bits per heavy atom. The molecule has 0 spiro atoms. The van der Waals surface area contributed by atoms with Crippen molar-refractivity contribution in [1.29, 1.82) is 0 Å². The van der Waals surface area contributed by atoms with Gasteiger partial charge in [0.05, 0.1) is 12.3 Å². The van der Waals surface area contributed by atoms with Crippen LogP contribution in [-0.2, 0) is 17.7 Å². The maximum Gasteiger partial charge on any atom is 0.186 e. The van der Waals surface area contributed by atoms with Crippen LogP contribution in [0.15, 0.2) is 0 Å². The molecule has 0 unspecified atom stereocenters. The highest BCUT2D eigenvalue weighted by molar-refractivity contribution is 7.15. The highest BCUT2D eigenvalue weighted by atomic mass is 32.1. The van der Waals surface area contributed by atoms with Crippen molar-refractivity contribution in [1.82, 2.24) is 10.3 Å². The van der Waals surface area contributed by atoms with Crippen molar-refractivity contribution in [3.8, 4) is 0 Å². The van der Waals surface area contributed by atoms with Crippen molar-refractivity contribution in [3.05, 3.63) is 10.6 Å². The highest BCUT2D eigenvalue weighted by Gasteiger charge is 2.30. The summed E-state index contributed by atoms with van der Waals surface area (Å²) in [5.74, 6) is 0. The van der Waals surface area contributed by atoms with Crippen LogP contribution in [0.5, 0.6) is 0 Å². The van der Waals surface area contributed by atoms with E-state index in [1.54, 1.807) is 7.11 Å². The maximum atomic E-state index is 5.09. The van der Waals surface area contributed by atoms with E-state index in [1.165, 1.54) is 35.0 Å². The monoisotopic (exact) mass is 311 g/mol. The molecule has 0 aromatic carbocycles. The average Bonchev–Trinajstić information content (AvgIpc) is 3.24. The summed E-state index contributed by atoms with van der Waals surface area (Å²) in [6.07, 6.45) is 6.11. The minimum absolute atomic E-state index is 0.750. The van der Waals surface area contributed by atoms with Gasteiger partial charge < -0.3 is 15.0 Å². The Kier molecular flexibility index (Phi) is 6.93. The summed E-state index contributed by atoms with van der Waals surface area (Å²) in [6, 6.07) is 0.750. The van der Waals surface area contributed by atoms with Crippen LogP contribution in [-0.4, -0.2) is 37.8 Å². The third-order valence-electron chi connectivity index (χ3n) is 3.72. The molecule has 1 fully saturated rings. The number of hydrogen-bond donors (Lipinski definition) is 1. The summed E-state index contributed by atoms with van der Waals surface area (Å²) >= 11 is 1.89. The topological polar surface area (TPSA) is 37.4 Å². The summed E-state index contributed by atoms with van der Waals surface area (Å²) < 4.78 is 5.09. The lowest BCUT2D eigenvalue weighted by Gasteiger charge is -2.20. The summed E-state index contributed by atoms with van der Waals surface area (Å²) in [6.45, 7) is 8.20. The molecule has 0 saturated heterocycles. The lowest BCUT2D eigenvalue weighted by atomic mass is 10.2. The molecule has 1 aliphatic rings. The Morgan fingerprint density at radius 1 is 1.33 bits per heavy atom. The van der Waals surface area contributed by atoms with Gasteiger partial charge in [-0.3, -0.25) is 0 Å². The average molecular weight is 311 g/mol. The van der Waals surface area contributed by atoms with E-state index in [1.807, 2.05) is 11.3 Å². The second-order valence-electron chi connectivity index (χ2n) is 5.71. The Hall–Kier alpha value is -0.650. The zero-order chi connectivity index (χ0) is 15.1. The van der Waals surface area contributed by atoms with Crippen molar-refractivity contribution in [2.75, 3.05) is 31.7 Å². The van der Waals surface area contributed by atoms with Gasteiger partial charge in [0.25, 0.3) is 0 Å². The molecule has 21 heavy (non-hydrogen) atoms. The molecule has 2 rings (SSSR count). The van der Waals surface area contributed by atoms with Crippen molar-refractivity contribution < 1.29 is 4.74 Å². The number of nitrogens with zero attached hydrogens (tertiary/aromatic N) is 2. The Bertz CT molecular complexity index is 418. The Balaban J connectivity index is 2.03. The summed E-state index contributed by atoms with van der Waals surface area (Å²) in [5, 5.41) is 4.70. The van der Waals surface area contributed by atoms with Crippen LogP contribution >= 0.6 is 11.3 Å². The Morgan fingerprint density at radius 2 is 2.14 bits per heavy atom. The first-order valence-corrected chi connectivity index (χ1v) is 9.06. The number of rotatable bonds is 11. The van der Waals surface area contributed by atoms with Crippen LogP contribution in [0.4, 0.5) is 5.13 Å². The summed E-state index contributed by atoms with van der Waals surface area (Å²) in [7, 11) is 1.74. The van der Waals surface area contributed by atoms with Gasteiger partial charge in [-0.15, -0.1) is 11.3 Å². The molecular weight excluding hydrogens is 282 g/mol. The third kappa shape index (κ3) is 4.94. The van der Waals surface area contributed by atoms with Crippen molar-refractivity contribution >= 4 is 16.5 Å². The fraction of sp³-hybridized carbons (Fsp3) is 0.812. The van der Waals surface area contributed by atoms with Crippen molar-refractivity contribution in [2.45, 2.75) is 58.5 Å². The van der Waals surface area contributed by atoms with E-state index in [0.29, 0.717) is 0 Å². The largest absolute Gasteiger partial charge is 0.383 e. The van der Waals surface area contributed by atoms with Crippen LogP contribution in [0.3, 0.4) is 0 Å². The maximum absolute atomic E-state index is 5.09. The number of nitrogens with one attached hydrogen (secondary N) is 1. The molecule has 120 valence electrons. The second-order valence-corrected chi connectivity index (χ2v) is 6.77. The van der Waals surface area contributed by atoms with Gasteiger partial charge in [-0.05, 0) is 25.7 Å². The normalized spacial score (nSPS) is 14.6. The number of thiazole rings is 1. The van der Waals surface area contributed by atoms with Gasteiger partial charge in [0.15, 0.2) is 5.13 Å². The van der Waals surface area contributed by atoms with Crippen LogP contribution < -0.4 is 10.2 Å². The van der Waals surface area contributed by atoms with Gasteiger partial charge in [-0.25, -0.2) is 4.98 Å². The fourth-order valence-corrected chi connectivity index (χ4v) is 3.67. The molecule has 1 aromatic heterocycles. The smallest absolute Gasteiger partial charge is 0.186 e. The van der Waals surface area contributed by atoms with Gasteiger partial charge in [0.1, 0.15) is 0 Å². The number of methoxy groups -OCH3 is 1. The molecule has 1 saturated carbocycles. The van der Waals surface area contributed by atoms with E-state index in [9.17, 15) is 0 Å². The predicted molar refractivity (Wildman–Crippen MR) is 90.4 cm³/mol. The number of anilines is 1. The highest BCUT2D eigenvalue weighted by Crippen LogP contribution is 2.35. The molecule has 1 N–H and O–H groups in total. The van der Waals surface area contributed by atoms with Crippen LogP contribution in [0, 0.1) is 0 Å². The lowest BCUT2D eigenvalue weighted by molar-refractivity contribution is 0.199. The Labute approximate surface area is 132 Å². The summed E-state index contributed by atoms with van der Waals surface area (Å²) in [5.41, 5.74) is 1.30.